The van der Waals surface area contributed by atoms with Crippen LogP contribution >= 0.6 is 0 Å². The average Bonchev–Trinajstić information content (AvgIpc) is 2.20. The number of hydrogen-bond donors (Lipinski definition) is 3. The van der Waals surface area contributed by atoms with E-state index in [0.717, 1.165) is 0 Å². The van der Waals surface area contributed by atoms with Crippen molar-refractivity contribution in [2.24, 2.45) is 0 Å². The maximum absolute atomic E-state index is 11.3. The van der Waals surface area contributed by atoms with E-state index in [-0.39, 0.29) is 24.3 Å². The Bertz CT molecular complexity index is 291. The van der Waals surface area contributed by atoms with Crippen LogP contribution < -0.4 is 10.6 Å². The van der Waals surface area contributed by atoms with E-state index in [1.54, 1.807) is 0 Å². The van der Waals surface area contributed by atoms with E-state index >= 15 is 0 Å². The lowest BCUT2D eigenvalue weighted by Gasteiger charge is -2.21. The van der Waals surface area contributed by atoms with Crippen LogP contribution in [0.3, 0.4) is 0 Å². The third-order valence-electron chi connectivity index (χ3n) is 2.45. The highest BCUT2D eigenvalue weighted by Crippen LogP contribution is 2.04. The molecule has 0 aromatic carbocycles. The summed E-state index contributed by atoms with van der Waals surface area (Å²) in [6, 6.07) is -0.317. The minimum atomic E-state index is -0.805. The van der Waals surface area contributed by atoms with E-state index < -0.39 is 5.97 Å². The number of nitrogens with one attached hydrogen (secondary N) is 2. The highest BCUT2D eigenvalue weighted by molar-refractivity contribution is 6.00. The zero-order valence-corrected chi connectivity index (χ0v) is 8.99. The summed E-state index contributed by atoms with van der Waals surface area (Å²) in [5.74, 6) is -1.32. The molecule has 0 radical (unpaired) electrons. The summed E-state index contributed by atoms with van der Waals surface area (Å²) >= 11 is 0. The van der Waals surface area contributed by atoms with Gasteiger partial charge in [-0.05, 0) is 25.8 Å². The van der Waals surface area contributed by atoms with E-state index in [2.05, 4.69) is 10.6 Å². The van der Waals surface area contributed by atoms with Gasteiger partial charge in [-0.3, -0.25) is 19.7 Å². The van der Waals surface area contributed by atoms with Crippen LogP contribution in [0, 0.1) is 0 Å². The quantitative estimate of drug-likeness (QED) is 0.426. The number of carbonyl (C=O) groups is 3. The molecule has 0 bridgehead atoms. The molecule has 0 spiro atoms. The van der Waals surface area contributed by atoms with Crippen molar-refractivity contribution < 1.29 is 19.5 Å². The van der Waals surface area contributed by atoms with Gasteiger partial charge in [0, 0.05) is 12.8 Å². The lowest BCUT2D eigenvalue weighted by Crippen LogP contribution is -2.50. The predicted molar refractivity (Wildman–Crippen MR) is 55.7 cm³/mol. The molecule has 6 heteroatoms. The van der Waals surface area contributed by atoms with E-state index in [1.807, 2.05) is 0 Å². The van der Waals surface area contributed by atoms with Gasteiger partial charge < -0.3 is 10.4 Å². The summed E-state index contributed by atoms with van der Waals surface area (Å²) in [5.41, 5.74) is 0. The Morgan fingerprint density at radius 2 is 2.19 bits per heavy atom. The average molecular weight is 228 g/mol. The minimum Gasteiger partial charge on any atom is -0.481 e. The number of carboxylic acids is 1. The molecule has 1 fully saturated rings. The summed E-state index contributed by atoms with van der Waals surface area (Å²) in [7, 11) is 0. The number of imide groups is 1. The van der Waals surface area contributed by atoms with E-state index in [1.165, 1.54) is 0 Å². The molecule has 1 aliphatic rings. The molecule has 1 aliphatic heterocycles. The fourth-order valence-corrected chi connectivity index (χ4v) is 1.57. The van der Waals surface area contributed by atoms with Gasteiger partial charge in [-0.15, -0.1) is 0 Å². The van der Waals surface area contributed by atoms with Crippen molar-refractivity contribution in [3.63, 3.8) is 0 Å². The molecule has 0 aliphatic carbocycles. The Morgan fingerprint density at radius 1 is 1.44 bits per heavy atom. The number of rotatable bonds is 6. The van der Waals surface area contributed by atoms with Crippen molar-refractivity contribution in [1.29, 1.82) is 0 Å². The van der Waals surface area contributed by atoms with E-state index in [9.17, 15) is 14.4 Å². The number of piperidine rings is 1. The molecule has 6 nitrogen and oxygen atoms in total. The summed E-state index contributed by atoms with van der Waals surface area (Å²) in [5, 5.41) is 13.7. The molecular weight excluding hydrogens is 212 g/mol. The van der Waals surface area contributed by atoms with Crippen molar-refractivity contribution in [3.8, 4) is 0 Å². The van der Waals surface area contributed by atoms with Crippen molar-refractivity contribution in [2.45, 2.75) is 38.1 Å². The van der Waals surface area contributed by atoms with Gasteiger partial charge in [0.05, 0.1) is 6.04 Å². The molecule has 1 rings (SSSR count). The molecule has 0 aromatic heterocycles. The van der Waals surface area contributed by atoms with Crippen LogP contribution in [0.25, 0.3) is 0 Å². The van der Waals surface area contributed by atoms with Crippen LogP contribution in [-0.2, 0) is 14.4 Å². The summed E-state index contributed by atoms with van der Waals surface area (Å²) in [4.78, 5) is 32.4. The van der Waals surface area contributed by atoms with Gasteiger partial charge in [-0.1, -0.05) is 0 Å². The van der Waals surface area contributed by atoms with E-state index in [0.29, 0.717) is 32.2 Å². The molecule has 1 atom stereocenters. The maximum Gasteiger partial charge on any atom is 0.303 e. The number of carbonyl (C=O) groups excluding carboxylic acids is 2. The van der Waals surface area contributed by atoms with Gasteiger partial charge in [0.1, 0.15) is 0 Å². The van der Waals surface area contributed by atoms with Gasteiger partial charge in [0.15, 0.2) is 0 Å². The van der Waals surface area contributed by atoms with Crippen molar-refractivity contribution >= 4 is 17.8 Å². The summed E-state index contributed by atoms with van der Waals surface area (Å²) in [6.45, 7) is 0.597. The van der Waals surface area contributed by atoms with Gasteiger partial charge in [-0.25, -0.2) is 0 Å². The summed E-state index contributed by atoms with van der Waals surface area (Å²) < 4.78 is 0. The van der Waals surface area contributed by atoms with Crippen molar-refractivity contribution in [1.82, 2.24) is 10.6 Å². The third kappa shape index (κ3) is 4.39. The molecule has 1 heterocycles. The van der Waals surface area contributed by atoms with Crippen LogP contribution in [0.2, 0.25) is 0 Å². The number of carboxylic acid groups (broad SMARTS) is 1. The topological polar surface area (TPSA) is 95.5 Å². The lowest BCUT2D eigenvalue weighted by molar-refractivity contribution is -0.137. The van der Waals surface area contributed by atoms with E-state index in [4.69, 9.17) is 5.11 Å². The van der Waals surface area contributed by atoms with Crippen molar-refractivity contribution in [2.75, 3.05) is 6.54 Å². The van der Waals surface area contributed by atoms with Gasteiger partial charge in [-0.2, -0.15) is 0 Å². The minimum absolute atomic E-state index is 0.150. The molecule has 1 unspecified atom stereocenters. The smallest absolute Gasteiger partial charge is 0.303 e. The normalized spacial score (nSPS) is 20.6. The zero-order valence-electron chi connectivity index (χ0n) is 8.99. The SMILES string of the molecule is O=C(O)CCCCNC1CCC(=O)NC1=O. The monoisotopic (exact) mass is 228 g/mol. The standard InChI is InChI=1S/C10H16N2O4/c13-8-5-4-7(10(16)12-8)11-6-2-1-3-9(14)15/h7,11H,1-6H2,(H,14,15)(H,12,13,16). The molecule has 0 saturated carbocycles. The second-order valence-electron chi connectivity index (χ2n) is 3.81. The number of amides is 2. The largest absolute Gasteiger partial charge is 0.481 e. The first-order valence-electron chi connectivity index (χ1n) is 5.38. The maximum atomic E-state index is 11.3. The summed E-state index contributed by atoms with van der Waals surface area (Å²) in [6.07, 6.45) is 2.33. The number of hydrogen-bond acceptors (Lipinski definition) is 4. The van der Waals surface area contributed by atoms with Gasteiger partial charge in [0.2, 0.25) is 11.8 Å². The second-order valence-corrected chi connectivity index (χ2v) is 3.81. The molecule has 3 N–H and O–H groups in total. The molecular formula is C10H16N2O4. The van der Waals surface area contributed by atoms with Gasteiger partial charge in [0.25, 0.3) is 0 Å². The first kappa shape index (κ1) is 12.6. The Morgan fingerprint density at radius 3 is 2.81 bits per heavy atom. The first-order valence-corrected chi connectivity index (χ1v) is 5.38. The Kier molecular flexibility index (Phi) is 4.91. The Hall–Kier alpha value is -1.43. The second kappa shape index (κ2) is 6.22. The first-order chi connectivity index (χ1) is 7.59. The fraction of sp³-hybridized carbons (Fsp3) is 0.700. The molecule has 0 aromatic rings. The van der Waals surface area contributed by atoms with Crippen LogP contribution in [0.1, 0.15) is 32.1 Å². The highest BCUT2D eigenvalue weighted by atomic mass is 16.4. The lowest BCUT2D eigenvalue weighted by atomic mass is 10.1. The van der Waals surface area contributed by atoms with Crippen LogP contribution in [-0.4, -0.2) is 35.5 Å². The van der Waals surface area contributed by atoms with Crippen molar-refractivity contribution in [3.05, 3.63) is 0 Å². The molecule has 90 valence electrons. The molecule has 16 heavy (non-hydrogen) atoms. The fourth-order valence-electron chi connectivity index (χ4n) is 1.57. The Labute approximate surface area is 93.4 Å². The molecule has 2 amide bonds. The zero-order chi connectivity index (χ0) is 12.0. The molecule has 1 saturated heterocycles. The van der Waals surface area contributed by atoms with Crippen LogP contribution in [0.4, 0.5) is 0 Å². The van der Waals surface area contributed by atoms with Gasteiger partial charge >= 0.3 is 5.97 Å². The number of unbranched alkanes of at least 4 members (excludes halogenated alkanes) is 1. The third-order valence-corrected chi connectivity index (χ3v) is 2.45. The highest BCUT2D eigenvalue weighted by Gasteiger charge is 2.25. The van der Waals surface area contributed by atoms with Crippen LogP contribution in [0.5, 0.6) is 0 Å². The Balaban J connectivity index is 2.11. The predicted octanol–water partition coefficient (Wildman–Crippen LogP) is -0.364. The van der Waals surface area contributed by atoms with Crippen LogP contribution in [0.15, 0.2) is 0 Å². The number of aliphatic carboxylic acids is 1.